The van der Waals surface area contributed by atoms with Crippen molar-refractivity contribution < 1.29 is 19.1 Å². The standard InChI is InChI=1S/C21H19NO4/c1-15-6-4-7-16(12-15)13-25-20-10-3-2-8-17(20)21(24)26-14-19(23)18-9-5-11-22-18/h2-12,22H,13-14H2,1H3. The minimum atomic E-state index is -0.593. The molecule has 132 valence electrons. The van der Waals surface area contributed by atoms with Crippen LogP contribution in [0.1, 0.15) is 32.0 Å². The van der Waals surface area contributed by atoms with Crippen molar-refractivity contribution in [3.63, 3.8) is 0 Å². The molecule has 3 rings (SSSR count). The lowest BCUT2D eigenvalue weighted by atomic mass is 10.1. The minimum absolute atomic E-state index is 0.290. The Kier molecular flexibility index (Phi) is 5.49. The molecule has 1 N–H and O–H groups in total. The number of aryl methyl sites for hydroxylation is 1. The molecule has 5 heteroatoms. The molecule has 0 bridgehead atoms. The van der Waals surface area contributed by atoms with Gasteiger partial charge in [-0.05, 0) is 36.8 Å². The van der Waals surface area contributed by atoms with E-state index in [1.165, 1.54) is 0 Å². The summed E-state index contributed by atoms with van der Waals surface area (Å²) < 4.78 is 10.9. The second kappa shape index (κ2) is 8.16. The number of aromatic nitrogens is 1. The maximum Gasteiger partial charge on any atom is 0.342 e. The highest BCUT2D eigenvalue weighted by molar-refractivity contribution is 5.98. The lowest BCUT2D eigenvalue weighted by Crippen LogP contribution is -2.15. The number of rotatable bonds is 7. The van der Waals surface area contributed by atoms with Gasteiger partial charge >= 0.3 is 5.97 Å². The molecule has 26 heavy (non-hydrogen) atoms. The highest BCUT2D eigenvalue weighted by Gasteiger charge is 2.16. The molecule has 0 saturated heterocycles. The molecule has 0 spiro atoms. The Morgan fingerprint density at radius 1 is 1.00 bits per heavy atom. The smallest absolute Gasteiger partial charge is 0.342 e. The number of carbonyl (C=O) groups excluding carboxylic acids is 2. The van der Waals surface area contributed by atoms with Gasteiger partial charge in [0.05, 0.1) is 5.69 Å². The molecule has 0 fully saturated rings. The van der Waals surface area contributed by atoms with Crippen LogP contribution in [0.15, 0.2) is 66.9 Å². The number of para-hydroxylation sites is 1. The number of ketones is 1. The zero-order valence-corrected chi connectivity index (χ0v) is 14.4. The summed E-state index contributed by atoms with van der Waals surface area (Å²) in [7, 11) is 0. The van der Waals surface area contributed by atoms with Crippen LogP contribution in [0.5, 0.6) is 5.75 Å². The largest absolute Gasteiger partial charge is 0.488 e. The van der Waals surface area contributed by atoms with Crippen molar-refractivity contribution in [3.05, 3.63) is 89.2 Å². The predicted molar refractivity (Wildman–Crippen MR) is 97.4 cm³/mol. The Morgan fingerprint density at radius 2 is 1.85 bits per heavy atom. The first kappa shape index (κ1) is 17.5. The Morgan fingerprint density at radius 3 is 2.62 bits per heavy atom. The molecule has 0 saturated carbocycles. The second-order valence-corrected chi connectivity index (χ2v) is 5.86. The first-order chi connectivity index (χ1) is 12.6. The summed E-state index contributed by atoms with van der Waals surface area (Å²) in [5, 5.41) is 0. The van der Waals surface area contributed by atoms with Crippen molar-refractivity contribution in [2.45, 2.75) is 13.5 Å². The molecule has 0 aliphatic heterocycles. The fourth-order valence-electron chi connectivity index (χ4n) is 2.51. The summed E-state index contributed by atoms with van der Waals surface area (Å²) in [5.74, 6) is -0.461. The molecule has 0 atom stereocenters. The average molecular weight is 349 g/mol. The van der Waals surface area contributed by atoms with Gasteiger partial charge in [-0.2, -0.15) is 0 Å². The number of benzene rings is 2. The van der Waals surface area contributed by atoms with Crippen LogP contribution in [-0.4, -0.2) is 23.3 Å². The van der Waals surface area contributed by atoms with Crippen molar-refractivity contribution >= 4 is 11.8 Å². The quantitative estimate of drug-likeness (QED) is 0.518. The van der Waals surface area contributed by atoms with Gasteiger partial charge in [0, 0.05) is 6.20 Å². The van der Waals surface area contributed by atoms with Gasteiger partial charge in [-0.25, -0.2) is 4.79 Å². The number of hydrogen-bond donors (Lipinski definition) is 1. The fraction of sp³-hybridized carbons (Fsp3) is 0.143. The van der Waals surface area contributed by atoms with Crippen molar-refractivity contribution in [3.8, 4) is 5.75 Å². The van der Waals surface area contributed by atoms with Crippen LogP contribution in [0.25, 0.3) is 0 Å². The third kappa shape index (κ3) is 4.39. The number of nitrogens with one attached hydrogen (secondary N) is 1. The molecule has 1 aromatic heterocycles. The maximum atomic E-state index is 12.3. The number of carbonyl (C=O) groups is 2. The zero-order valence-electron chi connectivity index (χ0n) is 14.4. The summed E-state index contributed by atoms with van der Waals surface area (Å²) >= 11 is 0. The topological polar surface area (TPSA) is 68.4 Å². The summed E-state index contributed by atoms with van der Waals surface area (Å²) in [4.78, 5) is 27.1. The summed E-state index contributed by atoms with van der Waals surface area (Å²) in [5.41, 5.74) is 2.85. The van der Waals surface area contributed by atoms with E-state index in [1.807, 2.05) is 31.2 Å². The lowest BCUT2D eigenvalue weighted by molar-refractivity contribution is 0.0469. The van der Waals surface area contributed by atoms with Gasteiger partial charge in [0.25, 0.3) is 0 Å². The molecule has 0 radical (unpaired) electrons. The second-order valence-electron chi connectivity index (χ2n) is 5.86. The van der Waals surface area contributed by atoms with Crippen LogP contribution < -0.4 is 4.74 Å². The molecule has 3 aromatic rings. The Hall–Kier alpha value is -3.34. The molecule has 2 aromatic carbocycles. The SMILES string of the molecule is Cc1cccc(COc2ccccc2C(=O)OCC(=O)c2ccc[nH]2)c1. The van der Waals surface area contributed by atoms with E-state index in [-0.39, 0.29) is 12.4 Å². The van der Waals surface area contributed by atoms with Crippen molar-refractivity contribution in [1.82, 2.24) is 4.98 Å². The predicted octanol–water partition coefficient (Wildman–Crippen LogP) is 3.94. The van der Waals surface area contributed by atoms with Gasteiger partial charge in [0.15, 0.2) is 6.61 Å². The normalized spacial score (nSPS) is 10.3. The van der Waals surface area contributed by atoms with E-state index in [4.69, 9.17) is 9.47 Å². The highest BCUT2D eigenvalue weighted by Crippen LogP contribution is 2.20. The highest BCUT2D eigenvalue weighted by atomic mass is 16.5. The number of hydrogen-bond acceptors (Lipinski definition) is 4. The van der Waals surface area contributed by atoms with Crippen LogP contribution >= 0.6 is 0 Å². The van der Waals surface area contributed by atoms with Gasteiger partial charge < -0.3 is 14.5 Å². The van der Waals surface area contributed by atoms with Gasteiger partial charge in [0.2, 0.25) is 5.78 Å². The van der Waals surface area contributed by atoms with E-state index >= 15 is 0 Å². The Bertz CT molecular complexity index is 900. The van der Waals surface area contributed by atoms with Crippen LogP contribution in [0.4, 0.5) is 0 Å². The van der Waals surface area contributed by atoms with Gasteiger partial charge in [0.1, 0.15) is 17.9 Å². The summed E-state index contributed by atoms with van der Waals surface area (Å²) in [6, 6.07) is 18.1. The van der Waals surface area contributed by atoms with Crippen LogP contribution in [0.3, 0.4) is 0 Å². The molecule has 0 unspecified atom stereocenters. The van der Waals surface area contributed by atoms with Gasteiger partial charge in [-0.15, -0.1) is 0 Å². The molecular weight excluding hydrogens is 330 g/mol. The Labute approximate surface area is 151 Å². The van der Waals surface area contributed by atoms with Crippen LogP contribution in [0, 0.1) is 6.92 Å². The molecule has 0 amide bonds. The monoisotopic (exact) mass is 349 g/mol. The van der Waals surface area contributed by atoms with E-state index in [1.54, 1.807) is 42.6 Å². The molecular formula is C21H19NO4. The average Bonchev–Trinajstić information content (AvgIpc) is 3.19. The van der Waals surface area contributed by atoms with Crippen molar-refractivity contribution in [2.24, 2.45) is 0 Å². The lowest BCUT2D eigenvalue weighted by Gasteiger charge is -2.11. The number of esters is 1. The molecule has 0 aliphatic rings. The maximum absolute atomic E-state index is 12.3. The number of Topliss-reactive ketones (excluding diaryl/α,β-unsaturated/α-hetero) is 1. The van der Waals surface area contributed by atoms with Crippen LogP contribution in [-0.2, 0) is 11.3 Å². The first-order valence-electron chi connectivity index (χ1n) is 8.24. The third-order valence-electron chi connectivity index (χ3n) is 3.82. The number of ether oxygens (including phenoxy) is 2. The molecule has 5 nitrogen and oxygen atoms in total. The van der Waals surface area contributed by atoms with Gasteiger partial charge in [-0.1, -0.05) is 42.0 Å². The first-order valence-corrected chi connectivity index (χ1v) is 8.24. The molecule has 0 aliphatic carbocycles. The summed E-state index contributed by atoms with van der Waals surface area (Å²) in [6.45, 7) is 2.02. The zero-order chi connectivity index (χ0) is 18.4. The van der Waals surface area contributed by atoms with Gasteiger partial charge in [-0.3, -0.25) is 4.79 Å². The summed E-state index contributed by atoms with van der Waals surface area (Å²) in [6.07, 6.45) is 1.64. The molecule has 1 heterocycles. The fourth-order valence-corrected chi connectivity index (χ4v) is 2.51. The third-order valence-corrected chi connectivity index (χ3v) is 3.82. The number of aromatic amines is 1. The van der Waals surface area contributed by atoms with E-state index in [0.29, 0.717) is 23.6 Å². The number of H-pyrrole nitrogens is 1. The van der Waals surface area contributed by atoms with E-state index < -0.39 is 5.97 Å². The van der Waals surface area contributed by atoms with Crippen LogP contribution in [0.2, 0.25) is 0 Å². The van der Waals surface area contributed by atoms with Crippen molar-refractivity contribution in [2.75, 3.05) is 6.61 Å². The van der Waals surface area contributed by atoms with Crippen molar-refractivity contribution in [1.29, 1.82) is 0 Å². The minimum Gasteiger partial charge on any atom is -0.488 e. The Balaban J connectivity index is 1.64. The van der Waals surface area contributed by atoms with E-state index in [2.05, 4.69) is 4.98 Å². The van der Waals surface area contributed by atoms with E-state index in [9.17, 15) is 9.59 Å². The van der Waals surface area contributed by atoms with E-state index in [0.717, 1.165) is 11.1 Å².